The van der Waals surface area contributed by atoms with E-state index < -0.39 is 0 Å². The smallest absolute Gasteiger partial charge is 0.158 e. The van der Waals surface area contributed by atoms with E-state index in [1.807, 2.05) is 32.8 Å². The third kappa shape index (κ3) is 3.07. The van der Waals surface area contributed by atoms with Crippen LogP contribution in [0.1, 0.15) is 20.8 Å². The molecule has 0 heterocycles. The van der Waals surface area contributed by atoms with Crippen molar-refractivity contribution < 1.29 is 4.79 Å². The Bertz CT molecular complexity index is 205. The Balaban J connectivity index is 4.79. The van der Waals surface area contributed by atoms with Crippen LogP contribution in [0.3, 0.4) is 0 Å². The van der Waals surface area contributed by atoms with Gasteiger partial charge >= 0.3 is 0 Å². The van der Waals surface area contributed by atoms with Crippen LogP contribution in [0.15, 0.2) is 11.1 Å². The molecular weight excluding hydrogens is 218 g/mol. The lowest BCUT2D eigenvalue weighted by Crippen LogP contribution is -2.27. The van der Waals surface area contributed by atoms with Crippen LogP contribution in [0.5, 0.6) is 0 Å². The molecule has 0 fully saturated rings. The molecule has 0 saturated heterocycles. The van der Waals surface area contributed by atoms with Gasteiger partial charge in [0.25, 0.3) is 0 Å². The summed E-state index contributed by atoms with van der Waals surface area (Å²) >= 11 is 3.46. The summed E-state index contributed by atoms with van der Waals surface area (Å²) in [5.74, 6) is 0.130. The minimum absolute atomic E-state index is 0.0278. The SMILES string of the molecule is CC(=O)C(=C(C)C)C(Br)N(C)C. The Hall–Kier alpha value is -0.150. The fourth-order valence-electron chi connectivity index (χ4n) is 1.02. The van der Waals surface area contributed by atoms with Gasteiger partial charge in [0, 0.05) is 5.57 Å². The average molecular weight is 234 g/mol. The van der Waals surface area contributed by atoms with Gasteiger partial charge in [-0.3, -0.25) is 9.69 Å². The Kier molecular flexibility index (Phi) is 4.71. The summed E-state index contributed by atoms with van der Waals surface area (Å²) in [6.07, 6.45) is 0. The summed E-state index contributed by atoms with van der Waals surface area (Å²) in [5.41, 5.74) is 1.91. The van der Waals surface area contributed by atoms with Crippen LogP contribution in [0.2, 0.25) is 0 Å². The fourth-order valence-corrected chi connectivity index (χ4v) is 1.80. The monoisotopic (exact) mass is 233 g/mol. The van der Waals surface area contributed by atoms with Crippen LogP contribution in [0.25, 0.3) is 0 Å². The zero-order valence-corrected chi connectivity index (χ0v) is 9.90. The molecule has 0 spiro atoms. The highest BCUT2D eigenvalue weighted by atomic mass is 79.9. The van der Waals surface area contributed by atoms with Gasteiger partial charge in [0.2, 0.25) is 0 Å². The number of alkyl halides is 1. The van der Waals surface area contributed by atoms with Crippen LogP contribution in [-0.4, -0.2) is 29.7 Å². The molecule has 0 amide bonds. The van der Waals surface area contributed by atoms with Crippen molar-refractivity contribution in [2.24, 2.45) is 0 Å². The van der Waals surface area contributed by atoms with E-state index in [4.69, 9.17) is 0 Å². The molecule has 0 aromatic rings. The summed E-state index contributed by atoms with van der Waals surface area (Å²) in [6, 6.07) is 0. The molecule has 3 heteroatoms. The van der Waals surface area contributed by atoms with Crippen molar-refractivity contribution in [3.8, 4) is 0 Å². The molecule has 70 valence electrons. The molecule has 0 aliphatic heterocycles. The number of carbonyl (C=O) groups is 1. The third-order valence-electron chi connectivity index (χ3n) is 1.61. The molecular formula is C9H16BrNO. The highest BCUT2D eigenvalue weighted by molar-refractivity contribution is 9.09. The summed E-state index contributed by atoms with van der Waals surface area (Å²) in [4.78, 5) is 13.2. The maximum Gasteiger partial charge on any atom is 0.158 e. The molecule has 0 saturated carbocycles. The molecule has 0 radical (unpaired) electrons. The number of Topliss-reactive ketones (excluding diaryl/α,β-unsaturated/α-hetero) is 1. The van der Waals surface area contributed by atoms with E-state index in [0.29, 0.717) is 0 Å². The summed E-state index contributed by atoms with van der Waals surface area (Å²) in [7, 11) is 3.87. The predicted molar refractivity (Wildman–Crippen MR) is 55.5 cm³/mol. The van der Waals surface area contributed by atoms with E-state index in [1.165, 1.54) is 0 Å². The van der Waals surface area contributed by atoms with Crippen LogP contribution < -0.4 is 0 Å². The van der Waals surface area contributed by atoms with E-state index in [-0.39, 0.29) is 10.7 Å². The zero-order valence-electron chi connectivity index (χ0n) is 8.31. The summed E-state index contributed by atoms with van der Waals surface area (Å²) in [5, 5.41) is 0. The maximum absolute atomic E-state index is 11.2. The number of hydrogen-bond acceptors (Lipinski definition) is 2. The first kappa shape index (κ1) is 11.8. The van der Waals surface area contributed by atoms with E-state index in [0.717, 1.165) is 11.1 Å². The quantitative estimate of drug-likeness (QED) is 0.424. The van der Waals surface area contributed by atoms with E-state index in [1.54, 1.807) is 6.92 Å². The van der Waals surface area contributed by atoms with E-state index in [9.17, 15) is 4.79 Å². The van der Waals surface area contributed by atoms with Crippen molar-refractivity contribution in [2.45, 2.75) is 25.7 Å². The fraction of sp³-hybridized carbons (Fsp3) is 0.667. The number of ketones is 1. The minimum Gasteiger partial charge on any atom is -0.295 e. The van der Waals surface area contributed by atoms with Crippen molar-refractivity contribution in [2.75, 3.05) is 14.1 Å². The number of carbonyl (C=O) groups excluding carboxylic acids is 1. The number of nitrogens with zero attached hydrogens (tertiary/aromatic N) is 1. The standard InChI is InChI=1S/C9H16BrNO/c1-6(2)8(7(3)12)9(10)11(4)5/h9H,1-5H3. The lowest BCUT2D eigenvalue weighted by molar-refractivity contribution is -0.113. The summed E-state index contributed by atoms with van der Waals surface area (Å²) < 4.78 is 0. The summed E-state index contributed by atoms with van der Waals surface area (Å²) in [6.45, 7) is 5.50. The number of halogens is 1. The molecule has 0 aliphatic carbocycles. The molecule has 2 nitrogen and oxygen atoms in total. The molecule has 0 aromatic heterocycles. The maximum atomic E-state index is 11.2. The highest BCUT2D eigenvalue weighted by Gasteiger charge is 2.17. The lowest BCUT2D eigenvalue weighted by atomic mass is 10.1. The zero-order chi connectivity index (χ0) is 9.89. The second-order valence-electron chi connectivity index (χ2n) is 3.27. The highest BCUT2D eigenvalue weighted by Crippen LogP contribution is 2.18. The molecule has 1 unspecified atom stereocenters. The van der Waals surface area contributed by atoms with Crippen molar-refractivity contribution in [3.63, 3.8) is 0 Å². The van der Waals surface area contributed by atoms with Gasteiger partial charge in [0.05, 0.1) is 4.95 Å². The number of rotatable bonds is 3. The molecule has 12 heavy (non-hydrogen) atoms. The Labute approximate surface area is 82.8 Å². The first-order valence-corrected chi connectivity index (χ1v) is 4.78. The van der Waals surface area contributed by atoms with Crippen LogP contribution in [0.4, 0.5) is 0 Å². The van der Waals surface area contributed by atoms with Crippen LogP contribution >= 0.6 is 15.9 Å². The van der Waals surface area contributed by atoms with Gasteiger partial charge in [0.1, 0.15) is 0 Å². The van der Waals surface area contributed by atoms with Gasteiger partial charge in [-0.25, -0.2) is 0 Å². The lowest BCUT2D eigenvalue weighted by Gasteiger charge is -2.20. The van der Waals surface area contributed by atoms with Gasteiger partial charge in [-0.2, -0.15) is 0 Å². The second kappa shape index (κ2) is 4.77. The average Bonchev–Trinajstić information content (AvgIpc) is 1.85. The van der Waals surface area contributed by atoms with Crippen LogP contribution in [0, 0.1) is 0 Å². The molecule has 0 bridgehead atoms. The Morgan fingerprint density at radius 3 is 1.75 bits per heavy atom. The predicted octanol–water partition coefficient (Wildman–Crippen LogP) is 2.19. The number of allylic oxidation sites excluding steroid dienone is 1. The van der Waals surface area contributed by atoms with Gasteiger partial charge in [-0.05, 0) is 34.9 Å². The van der Waals surface area contributed by atoms with Crippen molar-refractivity contribution in [1.82, 2.24) is 4.90 Å². The third-order valence-corrected chi connectivity index (χ3v) is 2.89. The minimum atomic E-state index is 0.0278. The largest absolute Gasteiger partial charge is 0.295 e. The Morgan fingerprint density at radius 1 is 1.25 bits per heavy atom. The topological polar surface area (TPSA) is 20.3 Å². The van der Waals surface area contributed by atoms with Crippen molar-refractivity contribution in [1.29, 1.82) is 0 Å². The van der Waals surface area contributed by atoms with Gasteiger partial charge < -0.3 is 0 Å². The number of hydrogen-bond donors (Lipinski definition) is 0. The molecule has 0 N–H and O–H groups in total. The van der Waals surface area contributed by atoms with Crippen molar-refractivity contribution in [3.05, 3.63) is 11.1 Å². The molecule has 0 aliphatic rings. The molecule has 1 atom stereocenters. The first-order valence-electron chi connectivity index (χ1n) is 3.86. The van der Waals surface area contributed by atoms with Gasteiger partial charge in [0.15, 0.2) is 5.78 Å². The van der Waals surface area contributed by atoms with Crippen LogP contribution in [-0.2, 0) is 4.79 Å². The van der Waals surface area contributed by atoms with Crippen molar-refractivity contribution >= 4 is 21.7 Å². The van der Waals surface area contributed by atoms with Gasteiger partial charge in [-0.1, -0.05) is 21.5 Å². The number of likely N-dealkylation sites (N-methyl/N-ethyl adjacent to an activating group) is 1. The second-order valence-corrected chi connectivity index (χ2v) is 4.14. The Morgan fingerprint density at radius 2 is 1.67 bits per heavy atom. The molecule has 0 aromatic carbocycles. The van der Waals surface area contributed by atoms with E-state index in [2.05, 4.69) is 15.9 Å². The first-order chi connectivity index (χ1) is 5.37. The van der Waals surface area contributed by atoms with Gasteiger partial charge in [-0.15, -0.1) is 0 Å². The normalized spacial score (nSPS) is 12.9. The van der Waals surface area contributed by atoms with E-state index >= 15 is 0 Å². The molecule has 0 rings (SSSR count).